The third kappa shape index (κ3) is 2.33. The number of aromatic hydroxyl groups is 1. The summed E-state index contributed by atoms with van der Waals surface area (Å²) in [5.41, 5.74) is -0.526. The lowest BCUT2D eigenvalue weighted by atomic mass is 9.96. The molecule has 6 nitrogen and oxygen atoms in total. The monoisotopic (exact) mass is 376 g/mol. The lowest BCUT2D eigenvalue weighted by molar-refractivity contribution is -0.0201. The number of rotatable bonds is 3. The molecule has 1 aliphatic rings. The molecular weight excluding hydrogens is 360 g/mol. The summed E-state index contributed by atoms with van der Waals surface area (Å²) in [4.78, 5) is 13.0. The van der Waals surface area contributed by atoms with Crippen LogP contribution >= 0.6 is 11.6 Å². The van der Waals surface area contributed by atoms with Gasteiger partial charge < -0.3 is 24.1 Å². The van der Waals surface area contributed by atoms with E-state index in [1.807, 2.05) is 0 Å². The lowest BCUT2D eigenvalue weighted by Crippen LogP contribution is -2.44. The van der Waals surface area contributed by atoms with Gasteiger partial charge in [-0.3, -0.25) is 4.79 Å². The van der Waals surface area contributed by atoms with E-state index < -0.39 is 11.7 Å². The first-order valence-electron chi connectivity index (χ1n) is 8.10. The van der Waals surface area contributed by atoms with Gasteiger partial charge in [-0.25, -0.2) is 0 Å². The number of alkyl halides is 1. The molecular formula is C19H17ClO6. The highest BCUT2D eigenvalue weighted by Gasteiger charge is 2.40. The summed E-state index contributed by atoms with van der Waals surface area (Å²) in [6.07, 6.45) is -0.270. The number of hydrogen-bond donors (Lipinski definition) is 2. The van der Waals surface area contributed by atoms with Crippen molar-refractivity contribution in [3.8, 4) is 17.2 Å². The van der Waals surface area contributed by atoms with Crippen LogP contribution in [0.25, 0.3) is 21.9 Å². The van der Waals surface area contributed by atoms with E-state index in [2.05, 4.69) is 0 Å². The third-order valence-electron chi connectivity index (χ3n) is 4.82. The van der Waals surface area contributed by atoms with Crippen molar-refractivity contribution in [1.29, 1.82) is 0 Å². The minimum absolute atomic E-state index is 0.00557. The van der Waals surface area contributed by atoms with Gasteiger partial charge in [0.15, 0.2) is 11.3 Å². The van der Waals surface area contributed by atoms with Crippen LogP contribution in [0.1, 0.15) is 12.5 Å². The highest BCUT2D eigenvalue weighted by Crippen LogP contribution is 2.43. The topological polar surface area (TPSA) is 89.1 Å². The number of phenols is 1. The molecule has 0 amide bonds. The first-order chi connectivity index (χ1) is 12.4. The van der Waals surface area contributed by atoms with E-state index >= 15 is 0 Å². The molecule has 1 aliphatic heterocycles. The molecule has 26 heavy (non-hydrogen) atoms. The Morgan fingerprint density at radius 2 is 2.15 bits per heavy atom. The molecule has 0 saturated heterocycles. The van der Waals surface area contributed by atoms with Crippen LogP contribution in [0.5, 0.6) is 17.2 Å². The van der Waals surface area contributed by atoms with Crippen LogP contribution in [0.3, 0.4) is 0 Å². The molecule has 0 bridgehead atoms. The van der Waals surface area contributed by atoms with Crippen molar-refractivity contribution in [2.45, 2.75) is 25.0 Å². The summed E-state index contributed by atoms with van der Waals surface area (Å²) in [7, 11) is 1.45. The van der Waals surface area contributed by atoms with Crippen molar-refractivity contribution < 1.29 is 24.1 Å². The summed E-state index contributed by atoms with van der Waals surface area (Å²) in [6.45, 7) is 1.59. The van der Waals surface area contributed by atoms with Gasteiger partial charge in [0, 0.05) is 18.1 Å². The summed E-state index contributed by atoms with van der Waals surface area (Å²) in [5.74, 6) is 0.641. The van der Waals surface area contributed by atoms with E-state index in [4.69, 9.17) is 25.5 Å². The molecule has 0 aliphatic carbocycles. The maximum absolute atomic E-state index is 13.0. The van der Waals surface area contributed by atoms with Crippen molar-refractivity contribution >= 4 is 33.5 Å². The first-order valence-corrected chi connectivity index (χ1v) is 8.64. The second-order valence-electron chi connectivity index (χ2n) is 6.65. The zero-order chi connectivity index (χ0) is 18.6. The van der Waals surface area contributed by atoms with Gasteiger partial charge >= 0.3 is 0 Å². The number of halogens is 1. The number of ether oxygens (including phenoxy) is 2. The van der Waals surface area contributed by atoms with E-state index in [0.29, 0.717) is 23.5 Å². The summed E-state index contributed by atoms with van der Waals surface area (Å²) in [6, 6.07) is 6.24. The fourth-order valence-corrected chi connectivity index (χ4v) is 3.47. The molecule has 3 aromatic rings. The van der Waals surface area contributed by atoms with Gasteiger partial charge in [0.25, 0.3) is 0 Å². The maximum Gasteiger partial charge on any atom is 0.204 e. The highest BCUT2D eigenvalue weighted by atomic mass is 35.5. The summed E-state index contributed by atoms with van der Waals surface area (Å²) >= 11 is 5.86. The van der Waals surface area contributed by atoms with Crippen LogP contribution in [-0.2, 0) is 6.42 Å². The zero-order valence-corrected chi connectivity index (χ0v) is 15.0. The molecule has 2 heterocycles. The summed E-state index contributed by atoms with van der Waals surface area (Å²) < 4.78 is 17.1. The molecule has 4 rings (SSSR count). The molecule has 2 N–H and O–H groups in total. The fourth-order valence-electron chi connectivity index (χ4n) is 3.30. The Kier molecular flexibility index (Phi) is 3.78. The van der Waals surface area contributed by atoms with E-state index in [1.54, 1.807) is 25.1 Å². The summed E-state index contributed by atoms with van der Waals surface area (Å²) in [5, 5.41) is 21.1. The van der Waals surface area contributed by atoms with Crippen LogP contribution < -0.4 is 14.9 Å². The molecule has 1 aromatic heterocycles. The van der Waals surface area contributed by atoms with E-state index in [9.17, 15) is 15.0 Å². The van der Waals surface area contributed by atoms with E-state index in [0.717, 1.165) is 0 Å². The average Bonchev–Trinajstić information content (AvgIpc) is 3.07. The molecule has 0 saturated carbocycles. The molecule has 0 unspecified atom stereocenters. The van der Waals surface area contributed by atoms with Crippen LogP contribution in [0.4, 0.5) is 0 Å². The molecule has 0 spiro atoms. The Morgan fingerprint density at radius 3 is 2.85 bits per heavy atom. The number of fused-ring (bicyclic) bond motifs is 4. The third-order valence-corrected chi connectivity index (χ3v) is 5.36. The molecule has 2 aromatic carbocycles. The van der Waals surface area contributed by atoms with Crippen molar-refractivity contribution in [3.05, 3.63) is 40.1 Å². The number of para-hydroxylation sites is 1. The Balaban J connectivity index is 2.06. The van der Waals surface area contributed by atoms with Crippen molar-refractivity contribution in [2.75, 3.05) is 13.0 Å². The van der Waals surface area contributed by atoms with Gasteiger partial charge in [0.2, 0.25) is 5.43 Å². The second-order valence-corrected chi connectivity index (χ2v) is 6.91. The van der Waals surface area contributed by atoms with Crippen LogP contribution in [0.15, 0.2) is 33.5 Å². The maximum atomic E-state index is 13.0. The quantitative estimate of drug-likeness (QED) is 0.539. The smallest absolute Gasteiger partial charge is 0.204 e. The van der Waals surface area contributed by atoms with Crippen LogP contribution in [-0.4, -0.2) is 34.9 Å². The highest BCUT2D eigenvalue weighted by molar-refractivity contribution is 6.18. The average molecular weight is 377 g/mol. The predicted molar refractivity (Wildman–Crippen MR) is 97.7 cm³/mol. The van der Waals surface area contributed by atoms with Gasteiger partial charge in [-0.1, -0.05) is 6.07 Å². The zero-order valence-electron chi connectivity index (χ0n) is 14.2. The predicted octanol–water partition coefficient (Wildman–Crippen LogP) is 2.95. The normalized spacial score (nSPS) is 18.5. The Labute approximate surface area is 153 Å². The molecule has 0 fully saturated rings. The van der Waals surface area contributed by atoms with Gasteiger partial charge in [-0.05, 0) is 19.1 Å². The number of methoxy groups -OCH3 is 1. The van der Waals surface area contributed by atoms with Crippen molar-refractivity contribution in [3.63, 3.8) is 0 Å². The first kappa shape index (κ1) is 17.0. The van der Waals surface area contributed by atoms with Crippen LogP contribution in [0, 0.1) is 0 Å². The van der Waals surface area contributed by atoms with E-state index in [1.165, 1.54) is 13.2 Å². The largest absolute Gasteiger partial charge is 0.504 e. The molecule has 2 atom stereocenters. The van der Waals surface area contributed by atoms with Crippen LogP contribution in [0.2, 0.25) is 0 Å². The molecule has 7 heteroatoms. The van der Waals surface area contributed by atoms with E-state index in [-0.39, 0.29) is 39.0 Å². The SMILES string of the molecule is COc1cc2c(c3oc4c(O)cccc4c(=O)c13)C[C@H]([C@@](C)(O)CCl)O2. The number of aliphatic hydroxyl groups is 1. The van der Waals surface area contributed by atoms with Gasteiger partial charge in [-0.2, -0.15) is 0 Å². The minimum Gasteiger partial charge on any atom is -0.504 e. The second kappa shape index (κ2) is 5.79. The standard InChI is InChI=1S/C19H17ClO6/c1-19(23,8-20)14-6-10-12(25-14)7-13(24-2)15-16(22)9-4-3-5-11(21)17(9)26-18(10)15/h3-5,7,14,21,23H,6,8H2,1-2H3/t14-,19+/m1/s1. The number of hydrogen-bond acceptors (Lipinski definition) is 6. The number of phenolic OH excluding ortho intramolecular Hbond substituents is 1. The van der Waals surface area contributed by atoms with Crippen molar-refractivity contribution in [1.82, 2.24) is 0 Å². The fraction of sp³-hybridized carbons (Fsp3) is 0.316. The van der Waals surface area contributed by atoms with Gasteiger partial charge in [0.1, 0.15) is 34.2 Å². The Bertz CT molecular complexity index is 1090. The minimum atomic E-state index is -1.25. The lowest BCUT2D eigenvalue weighted by Gasteiger charge is -2.26. The van der Waals surface area contributed by atoms with Gasteiger partial charge in [0.05, 0.1) is 18.4 Å². The molecule has 0 radical (unpaired) electrons. The molecule has 136 valence electrons. The Hall–Kier alpha value is -2.44. The van der Waals surface area contributed by atoms with Crippen molar-refractivity contribution in [2.24, 2.45) is 0 Å². The van der Waals surface area contributed by atoms with Gasteiger partial charge in [-0.15, -0.1) is 11.6 Å². The number of benzene rings is 2. The Morgan fingerprint density at radius 1 is 1.38 bits per heavy atom.